The molecule has 2 N–H and O–H groups in total. The molecule has 16 heavy (non-hydrogen) atoms. The van der Waals surface area contributed by atoms with E-state index in [1.807, 2.05) is 12.1 Å². The number of hydrogen-bond acceptors (Lipinski definition) is 4. The Bertz CT molecular complexity index is 322. The predicted octanol–water partition coefficient (Wildman–Crippen LogP) is 1.18. The summed E-state index contributed by atoms with van der Waals surface area (Å²) in [6, 6.07) is 3.71. The molecule has 1 amide bonds. The Hall–Kier alpha value is -1.20. The maximum Gasteiger partial charge on any atom is 0.230 e. The van der Waals surface area contributed by atoms with Gasteiger partial charge in [-0.1, -0.05) is 12.2 Å². The van der Waals surface area contributed by atoms with Gasteiger partial charge in [0.15, 0.2) is 0 Å². The molecule has 88 valence electrons. The average Bonchev–Trinajstić information content (AvgIpc) is 2.77. The first kappa shape index (κ1) is 12.9. The summed E-state index contributed by atoms with van der Waals surface area (Å²) >= 11 is 1.50. The lowest BCUT2D eigenvalue weighted by molar-refractivity contribution is -0.118. The number of carbonyl (C=O) groups excluding carboxylic acids is 1. The van der Waals surface area contributed by atoms with Gasteiger partial charge in [0.2, 0.25) is 5.91 Å². The summed E-state index contributed by atoms with van der Waals surface area (Å²) in [4.78, 5) is 11.3. The fourth-order valence-corrected chi connectivity index (χ4v) is 1.78. The van der Waals surface area contributed by atoms with Crippen molar-refractivity contribution in [2.75, 3.05) is 18.9 Å². The van der Waals surface area contributed by atoms with Gasteiger partial charge in [-0.3, -0.25) is 4.79 Å². The molecule has 0 aliphatic rings. The first-order chi connectivity index (χ1) is 7.83. The first-order valence-electron chi connectivity index (χ1n) is 4.95. The zero-order chi connectivity index (χ0) is 11.6. The molecule has 0 unspecified atom stereocenters. The molecule has 0 saturated heterocycles. The quantitative estimate of drug-likeness (QED) is 0.704. The van der Waals surface area contributed by atoms with Crippen molar-refractivity contribution in [3.63, 3.8) is 0 Å². The van der Waals surface area contributed by atoms with Gasteiger partial charge in [0.1, 0.15) is 5.76 Å². The van der Waals surface area contributed by atoms with E-state index < -0.39 is 0 Å². The van der Waals surface area contributed by atoms with Crippen molar-refractivity contribution in [2.45, 2.75) is 5.75 Å². The molecule has 0 bridgehead atoms. The Morgan fingerprint density at radius 1 is 1.56 bits per heavy atom. The Labute approximate surface area is 98.7 Å². The number of thioether (sulfide) groups is 1. The maximum atomic E-state index is 11.3. The summed E-state index contributed by atoms with van der Waals surface area (Å²) in [6.45, 7) is 0.462. The molecular formula is C11H15NO3S. The van der Waals surface area contributed by atoms with Crippen molar-refractivity contribution in [3.8, 4) is 0 Å². The van der Waals surface area contributed by atoms with Crippen LogP contribution in [0.3, 0.4) is 0 Å². The number of hydrogen-bond donors (Lipinski definition) is 2. The molecule has 1 aromatic rings. The summed E-state index contributed by atoms with van der Waals surface area (Å²) in [6.07, 6.45) is 4.93. The number of amides is 1. The lowest BCUT2D eigenvalue weighted by atomic mass is 10.5. The smallest absolute Gasteiger partial charge is 0.230 e. The van der Waals surface area contributed by atoms with Gasteiger partial charge in [-0.2, -0.15) is 0 Å². The molecule has 0 aliphatic heterocycles. The minimum Gasteiger partial charge on any atom is -0.468 e. The van der Waals surface area contributed by atoms with E-state index in [9.17, 15) is 4.79 Å². The second kappa shape index (κ2) is 8.01. The van der Waals surface area contributed by atoms with Crippen LogP contribution in [0.25, 0.3) is 0 Å². The molecule has 1 rings (SSSR count). The van der Waals surface area contributed by atoms with Crippen LogP contribution in [0.5, 0.6) is 0 Å². The van der Waals surface area contributed by atoms with Gasteiger partial charge in [-0.15, -0.1) is 11.8 Å². The van der Waals surface area contributed by atoms with E-state index in [0.717, 1.165) is 5.76 Å². The minimum atomic E-state index is -0.0147. The highest BCUT2D eigenvalue weighted by atomic mass is 32.2. The van der Waals surface area contributed by atoms with Gasteiger partial charge in [0, 0.05) is 6.54 Å². The number of carbonyl (C=O) groups is 1. The number of furan rings is 1. The van der Waals surface area contributed by atoms with E-state index in [4.69, 9.17) is 9.52 Å². The van der Waals surface area contributed by atoms with Crippen molar-refractivity contribution < 1.29 is 14.3 Å². The SMILES string of the molecule is O=C(CSCc1ccco1)NC/C=C\CO. The normalized spacial score (nSPS) is 10.8. The van der Waals surface area contributed by atoms with E-state index in [-0.39, 0.29) is 12.5 Å². The average molecular weight is 241 g/mol. The Morgan fingerprint density at radius 2 is 2.44 bits per heavy atom. The van der Waals surface area contributed by atoms with Gasteiger partial charge in [-0.05, 0) is 12.1 Å². The van der Waals surface area contributed by atoms with E-state index in [1.165, 1.54) is 11.8 Å². The molecule has 4 nitrogen and oxygen atoms in total. The third kappa shape index (κ3) is 5.63. The van der Waals surface area contributed by atoms with E-state index >= 15 is 0 Å². The Kier molecular flexibility index (Phi) is 6.44. The highest BCUT2D eigenvalue weighted by Crippen LogP contribution is 2.11. The number of aliphatic hydroxyl groups excluding tert-OH is 1. The second-order valence-electron chi connectivity index (χ2n) is 3.03. The molecule has 0 atom stereocenters. The van der Waals surface area contributed by atoms with Crippen LogP contribution < -0.4 is 5.32 Å². The fourth-order valence-electron chi connectivity index (χ4n) is 1.02. The lowest BCUT2D eigenvalue weighted by Crippen LogP contribution is -2.25. The lowest BCUT2D eigenvalue weighted by Gasteiger charge is -2.01. The van der Waals surface area contributed by atoms with Crippen LogP contribution >= 0.6 is 11.8 Å². The Morgan fingerprint density at radius 3 is 3.12 bits per heavy atom. The predicted molar refractivity (Wildman–Crippen MR) is 64.1 cm³/mol. The van der Waals surface area contributed by atoms with Crippen molar-refractivity contribution >= 4 is 17.7 Å². The van der Waals surface area contributed by atoms with Gasteiger partial charge >= 0.3 is 0 Å². The first-order valence-corrected chi connectivity index (χ1v) is 6.11. The minimum absolute atomic E-state index is 0.00309. The van der Waals surface area contributed by atoms with E-state index in [0.29, 0.717) is 18.1 Å². The van der Waals surface area contributed by atoms with Crippen LogP contribution in [0.1, 0.15) is 5.76 Å². The second-order valence-corrected chi connectivity index (χ2v) is 4.02. The van der Waals surface area contributed by atoms with Crippen LogP contribution in [0, 0.1) is 0 Å². The van der Waals surface area contributed by atoms with Gasteiger partial charge in [0.05, 0.1) is 24.4 Å². The molecule has 5 heteroatoms. The van der Waals surface area contributed by atoms with E-state index in [1.54, 1.807) is 18.4 Å². The standard InChI is InChI=1S/C11H15NO3S/c13-6-2-1-5-12-11(14)9-16-8-10-4-3-7-15-10/h1-4,7,13H,5-6,8-9H2,(H,12,14)/b2-1-. The summed E-state index contributed by atoms with van der Waals surface area (Å²) in [7, 11) is 0. The molecule has 0 fully saturated rings. The third-order valence-electron chi connectivity index (χ3n) is 1.75. The number of aliphatic hydroxyl groups is 1. The van der Waals surface area contributed by atoms with Crippen LogP contribution in [0.2, 0.25) is 0 Å². The third-order valence-corrected chi connectivity index (χ3v) is 2.70. The summed E-state index contributed by atoms with van der Waals surface area (Å²) in [5.74, 6) is 1.97. The van der Waals surface area contributed by atoms with Crippen LogP contribution in [-0.2, 0) is 10.5 Å². The van der Waals surface area contributed by atoms with E-state index in [2.05, 4.69) is 5.32 Å². The van der Waals surface area contributed by atoms with Crippen LogP contribution in [-0.4, -0.2) is 29.9 Å². The molecule has 1 heterocycles. The summed E-state index contributed by atoms with van der Waals surface area (Å²) < 4.78 is 5.14. The van der Waals surface area contributed by atoms with Gasteiger partial charge in [-0.25, -0.2) is 0 Å². The number of nitrogens with one attached hydrogen (secondary N) is 1. The molecule has 0 aliphatic carbocycles. The maximum absolute atomic E-state index is 11.3. The highest BCUT2D eigenvalue weighted by molar-refractivity contribution is 7.99. The van der Waals surface area contributed by atoms with Crippen molar-refractivity contribution in [2.24, 2.45) is 0 Å². The molecule has 0 radical (unpaired) electrons. The van der Waals surface area contributed by atoms with Crippen LogP contribution in [0.4, 0.5) is 0 Å². The molecule has 0 saturated carbocycles. The van der Waals surface area contributed by atoms with Crippen molar-refractivity contribution in [1.82, 2.24) is 5.32 Å². The van der Waals surface area contributed by atoms with Gasteiger partial charge < -0.3 is 14.8 Å². The van der Waals surface area contributed by atoms with Crippen molar-refractivity contribution in [3.05, 3.63) is 36.3 Å². The zero-order valence-corrected chi connectivity index (χ0v) is 9.70. The summed E-state index contributed by atoms with van der Waals surface area (Å²) in [5, 5.41) is 11.2. The molecule has 0 spiro atoms. The highest BCUT2D eigenvalue weighted by Gasteiger charge is 2.01. The monoisotopic (exact) mass is 241 g/mol. The van der Waals surface area contributed by atoms with Crippen molar-refractivity contribution in [1.29, 1.82) is 0 Å². The van der Waals surface area contributed by atoms with Crippen LogP contribution in [0.15, 0.2) is 35.0 Å². The Balaban J connectivity index is 2.04. The molecular weight excluding hydrogens is 226 g/mol. The van der Waals surface area contributed by atoms with Gasteiger partial charge in [0.25, 0.3) is 0 Å². The molecule has 1 aromatic heterocycles. The molecule has 0 aromatic carbocycles. The summed E-state index contributed by atoms with van der Waals surface area (Å²) in [5.41, 5.74) is 0. The fraction of sp³-hybridized carbons (Fsp3) is 0.364. The zero-order valence-electron chi connectivity index (χ0n) is 8.89. The largest absolute Gasteiger partial charge is 0.468 e. The topological polar surface area (TPSA) is 62.5 Å². The number of rotatable bonds is 7.